The smallest absolute Gasteiger partial charge is 0.225 e. The van der Waals surface area contributed by atoms with Crippen LogP contribution >= 0.6 is 0 Å². The normalized spacial score (nSPS) is 11.5. The van der Waals surface area contributed by atoms with Gasteiger partial charge >= 0.3 is 0 Å². The Bertz CT molecular complexity index is 1650. The summed E-state index contributed by atoms with van der Waals surface area (Å²) in [6.45, 7) is 6.24. The summed E-state index contributed by atoms with van der Waals surface area (Å²) >= 11 is 0. The number of nitriles is 1. The molecule has 0 saturated heterocycles. The Kier molecular flexibility index (Phi) is 6.05. The maximum Gasteiger partial charge on any atom is 0.225 e. The van der Waals surface area contributed by atoms with Crippen molar-refractivity contribution in [2.45, 2.75) is 20.8 Å². The van der Waals surface area contributed by atoms with Gasteiger partial charge in [0.1, 0.15) is 28.9 Å². The second-order valence-corrected chi connectivity index (χ2v) is 9.69. The minimum absolute atomic E-state index is 0.486. The van der Waals surface area contributed by atoms with Gasteiger partial charge in [0.15, 0.2) is 5.82 Å². The van der Waals surface area contributed by atoms with Crippen molar-refractivity contribution in [2.24, 2.45) is 12.5 Å². The fourth-order valence-corrected chi connectivity index (χ4v) is 4.10. The SMILES string of the molecule is Cc1cc(Nc2ncnc3cnc(N(C)CC(C)(C)C#N)nc23)ccc1Oc1ccc2c(c1)ncn2C. The van der Waals surface area contributed by atoms with E-state index >= 15 is 0 Å². The Labute approximate surface area is 214 Å². The van der Waals surface area contributed by atoms with Crippen molar-refractivity contribution >= 4 is 39.5 Å². The lowest BCUT2D eigenvalue weighted by Crippen LogP contribution is -2.31. The molecule has 3 heterocycles. The molecule has 0 unspecified atom stereocenters. The average Bonchev–Trinajstić information content (AvgIpc) is 3.25. The summed E-state index contributed by atoms with van der Waals surface area (Å²) in [7, 11) is 3.83. The molecule has 0 amide bonds. The predicted octanol–water partition coefficient (Wildman–Crippen LogP) is 5.14. The molecule has 2 aromatic carbocycles. The molecule has 0 fully saturated rings. The number of hydrogen-bond donors (Lipinski definition) is 1. The molecular weight excluding hydrogens is 466 g/mol. The third-order valence-electron chi connectivity index (χ3n) is 6.00. The maximum atomic E-state index is 9.38. The topological polar surface area (TPSA) is 118 Å². The molecule has 0 aliphatic rings. The van der Waals surface area contributed by atoms with Crippen LogP contribution in [0.2, 0.25) is 0 Å². The van der Waals surface area contributed by atoms with E-state index in [0.29, 0.717) is 29.3 Å². The van der Waals surface area contributed by atoms with Crippen LogP contribution in [0, 0.1) is 23.7 Å². The summed E-state index contributed by atoms with van der Waals surface area (Å²) in [4.78, 5) is 24.1. The fourth-order valence-electron chi connectivity index (χ4n) is 4.10. The lowest BCUT2D eigenvalue weighted by Gasteiger charge is -2.24. The zero-order chi connectivity index (χ0) is 26.2. The van der Waals surface area contributed by atoms with Crippen molar-refractivity contribution in [3.8, 4) is 17.6 Å². The molecule has 37 heavy (non-hydrogen) atoms. The molecule has 0 radical (unpaired) electrons. The van der Waals surface area contributed by atoms with Gasteiger partial charge in [0, 0.05) is 32.4 Å². The van der Waals surface area contributed by atoms with Gasteiger partial charge in [0.25, 0.3) is 0 Å². The molecule has 0 spiro atoms. The van der Waals surface area contributed by atoms with Gasteiger partial charge in [-0.15, -0.1) is 0 Å². The standard InChI is InChI=1S/C27H27N9O/c1-17-10-18(6-9-23(17)37-19-7-8-22-20(11-19)32-16-36(22)5)33-25-24-21(30-15-31-25)12-29-26(34-24)35(4)14-27(2,3)13-28/h6-12,15-16H,14H2,1-5H3,(H,30,31,33). The maximum absolute atomic E-state index is 9.38. The molecule has 186 valence electrons. The molecule has 10 nitrogen and oxygen atoms in total. The van der Waals surface area contributed by atoms with Crippen LogP contribution in [0.25, 0.3) is 22.1 Å². The van der Waals surface area contributed by atoms with E-state index in [1.165, 1.54) is 6.33 Å². The highest BCUT2D eigenvalue weighted by Crippen LogP contribution is 2.31. The number of rotatable bonds is 7. The number of aryl methyl sites for hydroxylation is 2. The Morgan fingerprint density at radius 2 is 1.92 bits per heavy atom. The largest absolute Gasteiger partial charge is 0.457 e. The summed E-state index contributed by atoms with van der Waals surface area (Å²) in [5.41, 5.74) is 4.41. The van der Waals surface area contributed by atoms with E-state index < -0.39 is 5.41 Å². The minimum Gasteiger partial charge on any atom is -0.457 e. The minimum atomic E-state index is -0.536. The number of aromatic nitrogens is 6. The van der Waals surface area contributed by atoms with Crippen molar-refractivity contribution in [3.63, 3.8) is 0 Å². The Morgan fingerprint density at radius 3 is 2.70 bits per heavy atom. The molecule has 0 aliphatic carbocycles. The number of anilines is 3. The molecular formula is C27H27N9O. The van der Waals surface area contributed by atoms with Gasteiger partial charge < -0.3 is 19.5 Å². The highest BCUT2D eigenvalue weighted by Gasteiger charge is 2.21. The molecule has 0 bridgehead atoms. The lowest BCUT2D eigenvalue weighted by atomic mass is 9.95. The van der Waals surface area contributed by atoms with Crippen LogP contribution in [0.5, 0.6) is 11.5 Å². The van der Waals surface area contributed by atoms with Crippen LogP contribution in [0.1, 0.15) is 19.4 Å². The number of nitrogens with one attached hydrogen (secondary N) is 1. The van der Waals surface area contributed by atoms with Gasteiger partial charge in [0.2, 0.25) is 5.95 Å². The predicted molar refractivity (Wildman–Crippen MR) is 143 cm³/mol. The summed E-state index contributed by atoms with van der Waals surface area (Å²) < 4.78 is 8.11. The first kappa shape index (κ1) is 23.9. The van der Waals surface area contributed by atoms with E-state index in [1.54, 1.807) is 12.5 Å². The Morgan fingerprint density at radius 1 is 1.08 bits per heavy atom. The molecule has 10 heteroatoms. The van der Waals surface area contributed by atoms with Gasteiger partial charge in [0.05, 0.1) is 35.0 Å². The van der Waals surface area contributed by atoms with E-state index in [9.17, 15) is 5.26 Å². The monoisotopic (exact) mass is 493 g/mol. The molecule has 0 aliphatic heterocycles. The number of ether oxygens (including phenoxy) is 1. The number of benzene rings is 2. The average molecular weight is 494 g/mol. The summed E-state index contributed by atoms with van der Waals surface area (Å²) in [5.74, 6) is 2.54. The highest BCUT2D eigenvalue weighted by atomic mass is 16.5. The third kappa shape index (κ3) is 4.97. The van der Waals surface area contributed by atoms with Crippen LogP contribution in [0.15, 0.2) is 55.2 Å². The quantitative estimate of drug-likeness (QED) is 0.329. The van der Waals surface area contributed by atoms with E-state index in [1.807, 2.05) is 80.7 Å². The summed E-state index contributed by atoms with van der Waals surface area (Å²) in [6, 6.07) is 14.0. The lowest BCUT2D eigenvalue weighted by molar-refractivity contribution is 0.479. The van der Waals surface area contributed by atoms with Crippen LogP contribution in [0.3, 0.4) is 0 Å². The highest BCUT2D eigenvalue weighted by molar-refractivity contribution is 5.87. The first-order valence-electron chi connectivity index (χ1n) is 11.8. The number of imidazole rings is 1. The van der Waals surface area contributed by atoms with Gasteiger partial charge in [-0.2, -0.15) is 5.26 Å². The van der Waals surface area contributed by atoms with Crippen LogP contribution < -0.4 is 15.0 Å². The van der Waals surface area contributed by atoms with Crippen molar-refractivity contribution in [1.82, 2.24) is 29.5 Å². The zero-order valence-electron chi connectivity index (χ0n) is 21.4. The second kappa shape index (κ2) is 9.35. The molecule has 1 N–H and O–H groups in total. The van der Waals surface area contributed by atoms with Crippen molar-refractivity contribution in [1.29, 1.82) is 5.26 Å². The van der Waals surface area contributed by atoms with Gasteiger partial charge in [-0.25, -0.2) is 24.9 Å². The molecule has 5 aromatic rings. The van der Waals surface area contributed by atoms with E-state index in [2.05, 4.69) is 31.3 Å². The summed E-state index contributed by atoms with van der Waals surface area (Å²) in [6.07, 6.45) is 4.94. The van der Waals surface area contributed by atoms with Crippen LogP contribution in [-0.2, 0) is 7.05 Å². The van der Waals surface area contributed by atoms with E-state index in [0.717, 1.165) is 33.8 Å². The van der Waals surface area contributed by atoms with Crippen molar-refractivity contribution < 1.29 is 4.74 Å². The number of fused-ring (bicyclic) bond motifs is 2. The Balaban J connectivity index is 1.38. The first-order valence-corrected chi connectivity index (χ1v) is 11.8. The van der Waals surface area contributed by atoms with Gasteiger partial charge in [-0.3, -0.25) is 0 Å². The van der Waals surface area contributed by atoms with Gasteiger partial charge in [-0.1, -0.05) is 0 Å². The first-order chi connectivity index (χ1) is 17.7. The zero-order valence-corrected chi connectivity index (χ0v) is 21.4. The van der Waals surface area contributed by atoms with Gasteiger partial charge in [-0.05, 0) is 56.7 Å². The van der Waals surface area contributed by atoms with E-state index in [-0.39, 0.29) is 0 Å². The molecule has 5 rings (SSSR count). The van der Waals surface area contributed by atoms with E-state index in [4.69, 9.17) is 9.72 Å². The fraction of sp³-hybridized carbons (Fsp3) is 0.259. The van der Waals surface area contributed by atoms with Crippen molar-refractivity contribution in [2.75, 3.05) is 23.8 Å². The van der Waals surface area contributed by atoms with Crippen LogP contribution in [-0.4, -0.2) is 43.1 Å². The summed E-state index contributed by atoms with van der Waals surface area (Å²) in [5, 5.41) is 12.7. The van der Waals surface area contributed by atoms with Crippen LogP contribution in [0.4, 0.5) is 17.5 Å². The number of hydrogen-bond acceptors (Lipinski definition) is 9. The third-order valence-corrected chi connectivity index (χ3v) is 6.00. The second-order valence-electron chi connectivity index (χ2n) is 9.69. The molecule has 0 atom stereocenters. The molecule has 3 aromatic heterocycles. The molecule has 0 saturated carbocycles. The van der Waals surface area contributed by atoms with Crippen molar-refractivity contribution in [3.05, 3.63) is 60.8 Å². The Hall–Kier alpha value is -4.78. The number of nitrogens with zero attached hydrogens (tertiary/aromatic N) is 8.